The van der Waals surface area contributed by atoms with Crippen molar-refractivity contribution in [2.24, 2.45) is 0 Å². The van der Waals surface area contributed by atoms with Gasteiger partial charge in [0.1, 0.15) is 0 Å². The predicted octanol–water partition coefficient (Wildman–Crippen LogP) is 2.22. The van der Waals surface area contributed by atoms with Crippen molar-refractivity contribution >= 4 is 17.3 Å². The van der Waals surface area contributed by atoms with Gasteiger partial charge in [0.15, 0.2) is 0 Å². The van der Waals surface area contributed by atoms with E-state index in [-0.39, 0.29) is 5.97 Å². The summed E-state index contributed by atoms with van der Waals surface area (Å²) in [5, 5.41) is 0. The maximum absolute atomic E-state index is 12.1. The molecule has 2 N–H and O–H groups in total. The molecule has 5 heteroatoms. The molecule has 0 bridgehead atoms. The molecular weight excluding hydrogens is 266 g/mol. The number of esters is 1. The standard InChI is InChI=1S/C16H27N3O2/c1-5-9-19(11-10-18(3)4)15-8-7-13(17)12-14(15)16(20)21-6-2/h7-8,12H,5-6,9-11,17H2,1-4H3. The molecule has 0 atom stereocenters. The summed E-state index contributed by atoms with van der Waals surface area (Å²) in [5.41, 5.74) is 7.84. The van der Waals surface area contributed by atoms with Crippen LogP contribution in [0.1, 0.15) is 30.6 Å². The Kier molecular flexibility index (Phi) is 7.02. The number of hydrogen-bond acceptors (Lipinski definition) is 5. The molecule has 0 unspecified atom stereocenters. The van der Waals surface area contributed by atoms with Gasteiger partial charge >= 0.3 is 5.97 Å². The van der Waals surface area contributed by atoms with Crippen LogP contribution in [0.3, 0.4) is 0 Å². The fourth-order valence-corrected chi connectivity index (χ4v) is 2.15. The van der Waals surface area contributed by atoms with Crippen LogP contribution in [0.4, 0.5) is 11.4 Å². The minimum absolute atomic E-state index is 0.314. The zero-order valence-electron chi connectivity index (χ0n) is 13.6. The van der Waals surface area contributed by atoms with E-state index in [1.54, 1.807) is 13.0 Å². The smallest absolute Gasteiger partial charge is 0.340 e. The zero-order chi connectivity index (χ0) is 15.8. The first-order chi connectivity index (χ1) is 9.99. The molecule has 0 spiro atoms. The molecule has 0 aliphatic carbocycles. The third-order valence-corrected chi connectivity index (χ3v) is 3.17. The average molecular weight is 293 g/mol. The van der Waals surface area contributed by atoms with Crippen LogP contribution in [0, 0.1) is 0 Å². The van der Waals surface area contributed by atoms with Crippen molar-refractivity contribution in [1.82, 2.24) is 4.90 Å². The van der Waals surface area contributed by atoms with Crippen LogP contribution < -0.4 is 10.6 Å². The van der Waals surface area contributed by atoms with E-state index in [2.05, 4.69) is 16.7 Å². The molecule has 0 aliphatic heterocycles. The molecule has 21 heavy (non-hydrogen) atoms. The Morgan fingerprint density at radius 1 is 1.19 bits per heavy atom. The second kappa shape index (κ2) is 8.52. The van der Waals surface area contributed by atoms with Crippen LogP contribution in [0.2, 0.25) is 0 Å². The highest BCUT2D eigenvalue weighted by Crippen LogP contribution is 2.24. The normalized spacial score (nSPS) is 10.7. The Morgan fingerprint density at radius 3 is 2.48 bits per heavy atom. The lowest BCUT2D eigenvalue weighted by Gasteiger charge is -2.27. The second-order valence-corrected chi connectivity index (χ2v) is 5.29. The first-order valence-corrected chi connectivity index (χ1v) is 7.45. The first kappa shape index (κ1) is 17.3. The maximum atomic E-state index is 12.1. The molecule has 0 aliphatic rings. The van der Waals surface area contributed by atoms with Crippen LogP contribution >= 0.6 is 0 Å². The molecule has 1 aromatic rings. The molecule has 1 rings (SSSR count). The van der Waals surface area contributed by atoms with Crippen molar-refractivity contribution in [3.05, 3.63) is 23.8 Å². The summed E-state index contributed by atoms with van der Waals surface area (Å²) in [6, 6.07) is 5.44. The van der Waals surface area contributed by atoms with Crippen molar-refractivity contribution in [1.29, 1.82) is 0 Å². The van der Waals surface area contributed by atoms with E-state index >= 15 is 0 Å². The molecule has 0 fully saturated rings. The van der Waals surface area contributed by atoms with E-state index in [4.69, 9.17) is 10.5 Å². The Labute approximate surface area is 127 Å². The number of ether oxygens (including phenoxy) is 1. The van der Waals surface area contributed by atoms with Crippen LogP contribution in [0.25, 0.3) is 0 Å². The average Bonchev–Trinajstić information content (AvgIpc) is 2.43. The number of anilines is 2. The van der Waals surface area contributed by atoms with E-state index in [0.717, 1.165) is 31.7 Å². The molecule has 0 radical (unpaired) electrons. The van der Waals surface area contributed by atoms with Crippen molar-refractivity contribution in [2.75, 3.05) is 51.0 Å². The number of nitrogens with two attached hydrogens (primary N) is 1. The van der Waals surface area contributed by atoms with Gasteiger partial charge in [-0.25, -0.2) is 4.79 Å². The van der Waals surface area contributed by atoms with Crippen LogP contribution in [0.5, 0.6) is 0 Å². The minimum atomic E-state index is -0.314. The summed E-state index contributed by atoms with van der Waals surface area (Å²) < 4.78 is 5.15. The summed E-state index contributed by atoms with van der Waals surface area (Å²) >= 11 is 0. The van der Waals surface area contributed by atoms with Crippen LogP contribution in [-0.4, -0.2) is 51.2 Å². The van der Waals surface area contributed by atoms with Gasteiger partial charge in [-0.2, -0.15) is 0 Å². The predicted molar refractivity (Wildman–Crippen MR) is 87.9 cm³/mol. The van der Waals surface area contributed by atoms with Crippen molar-refractivity contribution in [3.63, 3.8) is 0 Å². The van der Waals surface area contributed by atoms with Crippen LogP contribution in [0.15, 0.2) is 18.2 Å². The van der Waals surface area contributed by atoms with E-state index in [1.165, 1.54) is 0 Å². The Bertz CT molecular complexity index is 461. The first-order valence-electron chi connectivity index (χ1n) is 7.45. The number of carbonyl (C=O) groups is 1. The van der Waals surface area contributed by atoms with E-state index in [0.29, 0.717) is 17.9 Å². The van der Waals surface area contributed by atoms with Crippen molar-refractivity contribution in [2.45, 2.75) is 20.3 Å². The lowest BCUT2D eigenvalue weighted by Crippen LogP contribution is -2.33. The highest BCUT2D eigenvalue weighted by atomic mass is 16.5. The monoisotopic (exact) mass is 293 g/mol. The number of nitrogens with zero attached hydrogens (tertiary/aromatic N) is 2. The van der Waals surface area contributed by atoms with Gasteiger partial charge in [0.05, 0.1) is 17.9 Å². The van der Waals surface area contributed by atoms with Gasteiger partial charge in [-0.15, -0.1) is 0 Å². The van der Waals surface area contributed by atoms with E-state index < -0.39 is 0 Å². The molecule has 5 nitrogen and oxygen atoms in total. The quantitative estimate of drug-likeness (QED) is 0.588. The number of nitrogen functional groups attached to an aromatic ring is 1. The van der Waals surface area contributed by atoms with E-state index in [9.17, 15) is 4.79 Å². The number of likely N-dealkylation sites (N-methyl/N-ethyl adjacent to an activating group) is 1. The summed E-state index contributed by atoms with van der Waals surface area (Å²) in [7, 11) is 4.08. The second-order valence-electron chi connectivity index (χ2n) is 5.29. The van der Waals surface area contributed by atoms with Gasteiger partial charge in [0.25, 0.3) is 0 Å². The van der Waals surface area contributed by atoms with Gasteiger partial charge in [-0.3, -0.25) is 0 Å². The summed E-state index contributed by atoms with van der Waals surface area (Å²) in [4.78, 5) is 16.5. The fraction of sp³-hybridized carbons (Fsp3) is 0.562. The number of carbonyl (C=O) groups excluding carboxylic acids is 1. The van der Waals surface area contributed by atoms with Gasteiger partial charge in [-0.1, -0.05) is 6.92 Å². The zero-order valence-corrected chi connectivity index (χ0v) is 13.6. The lowest BCUT2D eigenvalue weighted by atomic mass is 10.1. The Hall–Kier alpha value is -1.75. The third-order valence-electron chi connectivity index (χ3n) is 3.17. The van der Waals surface area contributed by atoms with Crippen molar-refractivity contribution in [3.8, 4) is 0 Å². The number of benzene rings is 1. The fourth-order valence-electron chi connectivity index (χ4n) is 2.15. The van der Waals surface area contributed by atoms with Gasteiger partial charge in [-0.05, 0) is 45.6 Å². The molecule has 0 amide bonds. The highest BCUT2D eigenvalue weighted by molar-refractivity contribution is 5.97. The van der Waals surface area contributed by atoms with Crippen LogP contribution in [-0.2, 0) is 4.74 Å². The summed E-state index contributed by atoms with van der Waals surface area (Å²) in [6.45, 7) is 6.97. The molecule has 0 saturated carbocycles. The lowest BCUT2D eigenvalue weighted by molar-refractivity contribution is 0.0527. The van der Waals surface area contributed by atoms with Crippen molar-refractivity contribution < 1.29 is 9.53 Å². The summed E-state index contributed by atoms with van der Waals surface area (Å²) in [6.07, 6.45) is 1.01. The third kappa shape index (κ3) is 5.27. The molecular formula is C16H27N3O2. The maximum Gasteiger partial charge on any atom is 0.340 e. The molecule has 0 heterocycles. The Balaban J connectivity index is 3.07. The molecule has 1 aromatic carbocycles. The highest BCUT2D eigenvalue weighted by Gasteiger charge is 2.17. The van der Waals surface area contributed by atoms with Gasteiger partial charge in [0.2, 0.25) is 0 Å². The summed E-state index contributed by atoms with van der Waals surface area (Å²) in [5.74, 6) is -0.314. The molecule has 0 aromatic heterocycles. The largest absolute Gasteiger partial charge is 0.462 e. The minimum Gasteiger partial charge on any atom is -0.462 e. The number of hydrogen-bond donors (Lipinski definition) is 1. The SMILES string of the molecule is CCCN(CCN(C)C)c1ccc(N)cc1C(=O)OCC. The molecule has 118 valence electrons. The Morgan fingerprint density at radius 2 is 1.90 bits per heavy atom. The molecule has 0 saturated heterocycles. The van der Waals surface area contributed by atoms with Gasteiger partial charge < -0.3 is 20.3 Å². The van der Waals surface area contributed by atoms with Gasteiger partial charge in [0, 0.05) is 25.3 Å². The topological polar surface area (TPSA) is 58.8 Å². The number of rotatable bonds is 8. The van der Waals surface area contributed by atoms with E-state index in [1.807, 2.05) is 26.2 Å².